The van der Waals surface area contributed by atoms with Gasteiger partial charge in [0.1, 0.15) is 6.04 Å². The van der Waals surface area contributed by atoms with E-state index in [4.69, 9.17) is 10.7 Å². The molecule has 7 heterocycles. The number of carbonyl (C=O) groups excluding carboxylic acids is 6. The van der Waals surface area contributed by atoms with Crippen LogP contribution in [0.15, 0.2) is 42.5 Å². The molecule has 9 rings (SSSR count). The van der Waals surface area contributed by atoms with Crippen LogP contribution >= 0.6 is 0 Å². The van der Waals surface area contributed by atoms with Crippen molar-refractivity contribution < 1.29 is 28.8 Å². The molecule has 320 valence electrons. The summed E-state index contributed by atoms with van der Waals surface area (Å²) in [5.74, 6) is -1.55. The van der Waals surface area contributed by atoms with Gasteiger partial charge < -0.3 is 35.6 Å². The van der Waals surface area contributed by atoms with Crippen molar-refractivity contribution in [3.8, 4) is 0 Å². The maximum Gasteiger partial charge on any atom is 0.320 e. The van der Waals surface area contributed by atoms with Gasteiger partial charge in [0.2, 0.25) is 17.8 Å². The van der Waals surface area contributed by atoms with E-state index in [-0.39, 0.29) is 36.4 Å². The second-order valence-electron chi connectivity index (χ2n) is 16.9. The third-order valence-electron chi connectivity index (χ3n) is 13.1. The highest BCUT2D eigenvalue weighted by Crippen LogP contribution is 2.33. The summed E-state index contributed by atoms with van der Waals surface area (Å²) in [7, 11) is 1.82. The summed E-state index contributed by atoms with van der Waals surface area (Å²) in [5, 5.41) is 13.9. The first kappa shape index (κ1) is 40.1. The molecular weight excluding hydrogens is 783 g/mol. The van der Waals surface area contributed by atoms with E-state index in [9.17, 15) is 28.8 Å². The van der Waals surface area contributed by atoms with Crippen LogP contribution in [-0.2, 0) is 9.59 Å². The van der Waals surface area contributed by atoms with Crippen molar-refractivity contribution in [3.63, 3.8) is 0 Å². The van der Waals surface area contributed by atoms with Crippen LogP contribution < -0.4 is 31.1 Å². The van der Waals surface area contributed by atoms with E-state index < -0.39 is 35.6 Å². The Morgan fingerprint density at radius 3 is 2.21 bits per heavy atom. The van der Waals surface area contributed by atoms with Crippen molar-refractivity contribution in [2.45, 2.75) is 50.6 Å². The van der Waals surface area contributed by atoms with Crippen molar-refractivity contribution >= 4 is 64.4 Å². The highest BCUT2D eigenvalue weighted by Gasteiger charge is 2.45. The highest BCUT2D eigenvalue weighted by molar-refractivity contribution is 6.23. The fourth-order valence-electron chi connectivity index (χ4n) is 9.58. The lowest BCUT2D eigenvalue weighted by Gasteiger charge is -2.40. The lowest BCUT2D eigenvalue weighted by atomic mass is 9.95. The molecule has 0 aliphatic carbocycles. The predicted octanol–water partition coefficient (Wildman–Crippen LogP) is 1.49. The number of benzene rings is 2. The molecule has 1 aromatic heterocycles. The number of aromatic nitrogens is 3. The maximum atomic E-state index is 13.4. The summed E-state index contributed by atoms with van der Waals surface area (Å²) >= 11 is 0. The van der Waals surface area contributed by atoms with Crippen molar-refractivity contribution in [3.05, 3.63) is 59.3 Å². The normalized spacial score (nSPS) is 22.9. The van der Waals surface area contributed by atoms with E-state index in [1.165, 1.54) is 0 Å². The summed E-state index contributed by atoms with van der Waals surface area (Å²) in [6.45, 7) is 9.09. The monoisotopic (exact) mass is 833 g/mol. The molecule has 5 saturated heterocycles. The fraction of sp³-hybridized carbons (Fsp3) is 0.500. The predicted molar refractivity (Wildman–Crippen MR) is 225 cm³/mol. The van der Waals surface area contributed by atoms with Gasteiger partial charge >= 0.3 is 6.03 Å². The molecule has 2 atom stereocenters. The molecule has 0 spiro atoms. The van der Waals surface area contributed by atoms with Gasteiger partial charge in [0.15, 0.2) is 11.5 Å². The average molecular weight is 834 g/mol. The molecule has 4 N–H and O–H groups in total. The molecule has 7 amide bonds. The quantitative estimate of drug-likeness (QED) is 0.247. The summed E-state index contributed by atoms with van der Waals surface area (Å²) < 4.78 is 0. The van der Waals surface area contributed by atoms with Crippen molar-refractivity contribution in [2.75, 3.05) is 99.1 Å². The number of piperidine rings is 3. The zero-order valence-corrected chi connectivity index (χ0v) is 34.3. The number of nitrogens with two attached hydrogens (primary N) is 1. The van der Waals surface area contributed by atoms with Crippen LogP contribution in [-0.4, -0.2) is 161 Å². The standard InChI is InChI=1S/C42H51N13O6/c1-49-17-22-54(42(49)61)30-3-2-14-53(25-30)41-46-37(35(36(43)57)47-48-41)44-27-4-6-28(7-5-27)52-20-18-50(19-21-52)24-26-12-15-51(16-13-26)29-8-9-31-32(23-29)40(60)55(39(31)59)33-10-11-34(56)45-38(33)58/h4-9,23,26,30,33H,2-3,10-22,24-25H2,1H3,(H2,43,57)(H,44,46,48)(H,45,56,58). The summed E-state index contributed by atoms with van der Waals surface area (Å²) in [4.78, 5) is 94.1. The first-order valence-corrected chi connectivity index (χ1v) is 21.3. The summed E-state index contributed by atoms with van der Waals surface area (Å²) in [5.41, 5.74) is 8.96. The zero-order valence-electron chi connectivity index (χ0n) is 34.3. The minimum atomic E-state index is -0.977. The second-order valence-corrected chi connectivity index (χ2v) is 16.9. The van der Waals surface area contributed by atoms with E-state index in [0.717, 1.165) is 93.5 Å². The smallest absolute Gasteiger partial charge is 0.320 e. The molecule has 5 fully saturated rings. The number of hydrogen-bond acceptors (Lipinski definition) is 14. The Bertz CT molecular complexity index is 2240. The Morgan fingerprint density at radius 1 is 0.787 bits per heavy atom. The number of primary amides is 1. The average Bonchev–Trinajstić information content (AvgIpc) is 3.73. The number of nitrogens with zero attached hydrogens (tertiary/aromatic N) is 10. The van der Waals surface area contributed by atoms with Gasteiger partial charge in [-0.1, -0.05) is 0 Å². The van der Waals surface area contributed by atoms with Crippen LogP contribution in [0.2, 0.25) is 0 Å². The molecule has 2 aromatic carbocycles. The van der Waals surface area contributed by atoms with Gasteiger partial charge in [-0.2, -0.15) is 4.98 Å². The number of amides is 7. The lowest BCUT2D eigenvalue weighted by Crippen LogP contribution is -2.54. The van der Waals surface area contributed by atoms with Gasteiger partial charge in [0.25, 0.3) is 17.7 Å². The number of anilines is 5. The van der Waals surface area contributed by atoms with E-state index in [1.807, 2.05) is 35.0 Å². The first-order chi connectivity index (χ1) is 29.5. The number of piperazine rings is 1. The van der Waals surface area contributed by atoms with Crippen LogP contribution in [0.1, 0.15) is 69.7 Å². The molecule has 0 saturated carbocycles. The zero-order chi connectivity index (χ0) is 42.4. The number of rotatable bonds is 10. The Hall–Kier alpha value is -6.37. The van der Waals surface area contributed by atoms with Gasteiger partial charge in [-0.3, -0.25) is 39.1 Å². The number of nitrogens with one attached hydrogen (secondary N) is 2. The van der Waals surface area contributed by atoms with Crippen LogP contribution in [0.3, 0.4) is 0 Å². The molecule has 6 aliphatic heterocycles. The van der Waals surface area contributed by atoms with Crippen LogP contribution in [0, 0.1) is 5.92 Å². The third-order valence-corrected chi connectivity index (χ3v) is 13.1. The molecular formula is C42H51N13O6. The first-order valence-electron chi connectivity index (χ1n) is 21.3. The maximum absolute atomic E-state index is 13.4. The van der Waals surface area contributed by atoms with Gasteiger partial charge in [-0.15, -0.1) is 10.2 Å². The van der Waals surface area contributed by atoms with Gasteiger partial charge in [-0.25, -0.2) is 4.79 Å². The Labute approximate surface area is 353 Å². The molecule has 3 aromatic rings. The molecule has 6 aliphatic rings. The summed E-state index contributed by atoms with van der Waals surface area (Å²) in [6, 6.07) is 12.5. The largest absolute Gasteiger partial charge is 0.371 e. The van der Waals surface area contributed by atoms with Crippen molar-refractivity contribution in [2.24, 2.45) is 11.7 Å². The van der Waals surface area contributed by atoms with Crippen LogP contribution in [0.5, 0.6) is 0 Å². The lowest BCUT2D eigenvalue weighted by molar-refractivity contribution is -0.136. The van der Waals surface area contributed by atoms with E-state index in [1.54, 1.807) is 17.0 Å². The topological polar surface area (TPSA) is 214 Å². The van der Waals surface area contributed by atoms with Gasteiger partial charge in [0, 0.05) is 103 Å². The second kappa shape index (κ2) is 16.6. The molecule has 19 nitrogen and oxygen atoms in total. The molecule has 0 radical (unpaired) electrons. The number of likely N-dealkylation sites (N-methyl/N-ethyl adjacent to an activating group) is 1. The Kier molecular flexibility index (Phi) is 10.9. The molecule has 2 unspecified atom stereocenters. The molecule has 19 heteroatoms. The van der Waals surface area contributed by atoms with E-state index in [0.29, 0.717) is 49.2 Å². The Morgan fingerprint density at radius 2 is 1.51 bits per heavy atom. The number of urea groups is 1. The Balaban J connectivity index is 0.754. The van der Waals surface area contributed by atoms with E-state index >= 15 is 0 Å². The van der Waals surface area contributed by atoms with Gasteiger partial charge in [-0.05, 0) is 80.5 Å². The van der Waals surface area contributed by atoms with Crippen molar-refractivity contribution in [1.29, 1.82) is 0 Å². The van der Waals surface area contributed by atoms with E-state index in [2.05, 4.69) is 47.7 Å². The molecule has 0 bridgehead atoms. The minimum absolute atomic E-state index is 0.0382. The van der Waals surface area contributed by atoms with Crippen LogP contribution in [0.25, 0.3) is 0 Å². The third kappa shape index (κ3) is 8.01. The SMILES string of the molecule is CN1CCN(C2CCCN(c3nnc(C(N)=O)c(Nc4ccc(N5CCN(CC6CCN(c7ccc8c(c7)C(=O)N(C7CCC(=O)NC7=O)C8=O)CC6)CC5)cc4)n3)C2)C1=O. The minimum Gasteiger partial charge on any atom is -0.371 e. The van der Waals surface area contributed by atoms with Crippen LogP contribution in [0.4, 0.5) is 33.6 Å². The number of hydrogen-bond donors (Lipinski definition) is 3. The van der Waals surface area contributed by atoms with Gasteiger partial charge in [0.05, 0.1) is 17.2 Å². The number of carbonyl (C=O) groups is 6. The summed E-state index contributed by atoms with van der Waals surface area (Å²) in [6.07, 6.45) is 4.03. The van der Waals surface area contributed by atoms with Crippen molar-refractivity contribution in [1.82, 2.24) is 40.1 Å². The molecule has 61 heavy (non-hydrogen) atoms. The highest BCUT2D eigenvalue weighted by atomic mass is 16.2. The fourth-order valence-corrected chi connectivity index (χ4v) is 9.58. The number of fused-ring (bicyclic) bond motifs is 1. The number of imide groups is 2.